The van der Waals surface area contributed by atoms with E-state index in [0.717, 1.165) is 30.8 Å². The van der Waals surface area contributed by atoms with Crippen molar-refractivity contribution in [2.75, 3.05) is 18.0 Å². The molecule has 154 valence electrons. The molecule has 0 radical (unpaired) electrons. The molecule has 1 aliphatic heterocycles. The predicted molar refractivity (Wildman–Crippen MR) is 104 cm³/mol. The van der Waals surface area contributed by atoms with Crippen molar-refractivity contribution < 1.29 is 17.2 Å². The Bertz CT molecular complexity index is 943. The first-order valence-corrected chi connectivity index (χ1v) is 10.9. The molecule has 0 amide bonds. The lowest BCUT2D eigenvalue weighted by Gasteiger charge is -2.34. The number of aromatic nitrogens is 2. The number of alkyl halides is 2. The Balaban J connectivity index is 1.83. The van der Waals surface area contributed by atoms with Crippen LogP contribution in [0.3, 0.4) is 0 Å². The molecular formula is C19H26F2N4O2S. The van der Waals surface area contributed by atoms with Crippen molar-refractivity contribution in [2.45, 2.75) is 51.6 Å². The number of halogens is 2. The minimum absolute atomic E-state index is 0.0587. The van der Waals surface area contributed by atoms with E-state index in [4.69, 9.17) is 0 Å². The van der Waals surface area contributed by atoms with E-state index in [1.807, 2.05) is 24.3 Å². The van der Waals surface area contributed by atoms with Crippen LogP contribution in [0.25, 0.3) is 0 Å². The fourth-order valence-electron chi connectivity index (χ4n) is 3.85. The fourth-order valence-corrected chi connectivity index (χ4v) is 5.25. The highest BCUT2D eigenvalue weighted by molar-refractivity contribution is 7.89. The van der Waals surface area contributed by atoms with Gasteiger partial charge >= 0.3 is 6.55 Å². The molecule has 0 saturated carbocycles. The molecule has 0 unspecified atom stereocenters. The molecule has 9 heteroatoms. The third kappa shape index (κ3) is 4.20. The Hall–Kier alpha value is -2.00. The molecule has 0 bridgehead atoms. The summed E-state index contributed by atoms with van der Waals surface area (Å²) in [5.41, 5.74) is 1.85. The van der Waals surface area contributed by atoms with Gasteiger partial charge in [-0.3, -0.25) is 0 Å². The maximum Gasteiger partial charge on any atom is 0.333 e. The van der Waals surface area contributed by atoms with Gasteiger partial charge in [-0.2, -0.15) is 13.9 Å². The van der Waals surface area contributed by atoms with Gasteiger partial charge in [0.2, 0.25) is 10.0 Å². The summed E-state index contributed by atoms with van der Waals surface area (Å²) in [6.07, 6.45) is 2.30. The van der Waals surface area contributed by atoms with Gasteiger partial charge in [-0.05, 0) is 44.2 Å². The van der Waals surface area contributed by atoms with Gasteiger partial charge < -0.3 is 4.90 Å². The molecule has 1 N–H and O–H groups in total. The quantitative estimate of drug-likeness (QED) is 0.787. The molecule has 2 heterocycles. The van der Waals surface area contributed by atoms with Crippen LogP contribution in [0.15, 0.2) is 29.2 Å². The lowest BCUT2D eigenvalue weighted by molar-refractivity contribution is 0.0538. The zero-order valence-corrected chi connectivity index (χ0v) is 17.1. The van der Waals surface area contributed by atoms with Gasteiger partial charge in [0, 0.05) is 25.3 Å². The van der Waals surface area contributed by atoms with Gasteiger partial charge in [0.15, 0.2) is 0 Å². The summed E-state index contributed by atoms with van der Waals surface area (Å²) >= 11 is 0. The van der Waals surface area contributed by atoms with Gasteiger partial charge in [-0.1, -0.05) is 25.1 Å². The number of piperidine rings is 1. The van der Waals surface area contributed by atoms with Crippen molar-refractivity contribution in [1.29, 1.82) is 0 Å². The van der Waals surface area contributed by atoms with Gasteiger partial charge in [-0.15, -0.1) is 0 Å². The number of aryl methyl sites for hydroxylation is 1. The van der Waals surface area contributed by atoms with E-state index in [1.54, 1.807) is 0 Å². The summed E-state index contributed by atoms with van der Waals surface area (Å²) in [7, 11) is -3.98. The van der Waals surface area contributed by atoms with Crippen molar-refractivity contribution in [3.63, 3.8) is 0 Å². The summed E-state index contributed by atoms with van der Waals surface area (Å²) in [4.78, 5) is 2.10. The number of hydrogen-bond donors (Lipinski definition) is 1. The molecule has 1 fully saturated rings. The molecule has 1 atom stereocenters. The topological polar surface area (TPSA) is 67.2 Å². The van der Waals surface area contributed by atoms with Crippen LogP contribution in [0.2, 0.25) is 0 Å². The second-order valence-corrected chi connectivity index (χ2v) is 9.07. The number of hydrogen-bond acceptors (Lipinski definition) is 4. The van der Waals surface area contributed by atoms with Crippen LogP contribution in [-0.2, 0) is 16.6 Å². The van der Waals surface area contributed by atoms with Crippen molar-refractivity contribution in [3.05, 3.63) is 41.2 Å². The standard InChI is InChI=1S/C19H26F2N4O2S/c1-13-7-6-10-24(12-13)17-9-5-4-8-16(17)11-22-28(26,27)18-14(2)23-25(15(18)3)19(20)21/h4-5,8-9,13,19,22H,6-7,10-12H2,1-3H3/t13-/m0/s1. The smallest absolute Gasteiger partial charge is 0.333 e. The Morgan fingerprint density at radius 2 is 2.00 bits per heavy atom. The molecule has 3 rings (SSSR count). The van der Waals surface area contributed by atoms with Gasteiger partial charge in [0.1, 0.15) is 4.90 Å². The Labute approximate surface area is 164 Å². The first-order valence-electron chi connectivity index (χ1n) is 9.37. The number of nitrogens with one attached hydrogen (secondary N) is 1. The van der Waals surface area contributed by atoms with Gasteiger partial charge in [0.05, 0.1) is 11.4 Å². The summed E-state index contributed by atoms with van der Waals surface area (Å²) in [6.45, 7) is 4.04. The molecule has 2 aromatic rings. The monoisotopic (exact) mass is 412 g/mol. The van der Waals surface area contributed by atoms with Crippen molar-refractivity contribution in [1.82, 2.24) is 14.5 Å². The number of benzene rings is 1. The molecule has 1 aromatic carbocycles. The summed E-state index contributed by atoms with van der Waals surface area (Å²) in [6, 6.07) is 7.69. The van der Waals surface area contributed by atoms with Crippen molar-refractivity contribution in [2.24, 2.45) is 5.92 Å². The van der Waals surface area contributed by atoms with Gasteiger partial charge in [0.25, 0.3) is 0 Å². The highest BCUT2D eigenvalue weighted by Gasteiger charge is 2.27. The normalized spacial score (nSPS) is 18.1. The zero-order valence-electron chi connectivity index (χ0n) is 16.3. The van der Waals surface area contributed by atoms with Crippen LogP contribution in [0.1, 0.15) is 43.3 Å². The molecule has 28 heavy (non-hydrogen) atoms. The SMILES string of the molecule is Cc1nn(C(F)F)c(C)c1S(=O)(=O)NCc1ccccc1N1CCC[C@H](C)C1. The lowest BCUT2D eigenvalue weighted by atomic mass is 9.99. The van der Waals surface area contributed by atoms with Crippen LogP contribution in [0.4, 0.5) is 14.5 Å². The third-order valence-electron chi connectivity index (χ3n) is 5.15. The van der Waals surface area contributed by atoms with E-state index < -0.39 is 16.6 Å². The van der Waals surface area contributed by atoms with Crippen LogP contribution in [-0.4, -0.2) is 31.3 Å². The van der Waals surface area contributed by atoms with Gasteiger partial charge in [-0.25, -0.2) is 17.8 Å². The number of anilines is 1. The zero-order chi connectivity index (χ0) is 20.5. The van der Waals surface area contributed by atoms with Crippen LogP contribution < -0.4 is 9.62 Å². The molecule has 0 aliphatic carbocycles. The molecule has 1 aliphatic rings. The molecule has 6 nitrogen and oxygen atoms in total. The first kappa shape index (κ1) is 20.7. The average Bonchev–Trinajstić information content (AvgIpc) is 2.95. The molecular weight excluding hydrogens is 386 g/mol. The highest BCUT2D eigenvalue weighted by atomic mass is 32.2. The van der Waals surface area contributed by atoms with E-state index in [1.165, 1.54) is 20.3 Å². The van der Waals surface area contributed by atoms with E-state index in [0.29, 0.717) is 10.6 Å². The minimum atomic E-state index is -3.98. The summed E-state index contributed by atoms with van der Waals surface area (Å²) < 4.78 is 54.7. The van der Waals surface area contributed by atoms with Crippen molar-refractivity contribution >= 4 is 15.7 Å². The second kappa shape index (κ2) is 8.16. The van der Waals surface area contributed by atoms with E-state index in [9.17, 15) is 17.2 Å². The summed E-state index contributed by atoms with van der Waals surface area (Å²) in [5, 5.41) is 3.67. The summed E-state index contributed by atoms with van der Waals surface area (Å²) in [5.74, 6) is 0.587. The average molecular weight is 413 g/mol. The second-order valence-electron chi connectivity index (χ2n) is 7.37. The number of para-hydroxylation sites is 1. The first-order chi connectivity index (χ1) is 13.2. The number of rotatable bonds is 6. The highest BCUT2D eigenvalue weighted by Crippen LogP contribution is 2.27. The lowest BCUT2D eigenvalue weighted by Crippen LogP contribution is -2.35. The Morgan fingerprint density at radius 1 is 1.29 bits per heavy atom. The minimum Gasteiger partial charge on any atom is -0.371 e. The number of nitrogens with zero attached hydrogens (tertiary/aromatic N) is 3. The largest absolute Gasteiger partial charge is 0.371 e. The number of sulfonamides is 1. The molecule has 1 aromatic heterocycles. The predicted octanol–water partition coefficient (Wildman–Crippen LogP) is 3.61. The van der Waals surface area contributed by atoms with Crippen molar-refractivity contribution in [3.8, 4) is 0 Å². The van der Waals surface area contributed by atoms with E-state index in [-0.39, 0.29) is 22.8 Å². The van der Waals surface area contributed by atoms with Crippen LogP contribution in [0.5, 0.6) is 0 Å². The van der Waals surface area contributed by atoms with E-state index >= 15 is 0 Å². The van der Waals surface area contributed by atoms with Crippen LogP contribution in [0, 0.1) is 19.8 Å². The third-order valence-corrected chi connectivity index (χ3v) is 6.81. The maximum absolute atomic E-state index is 13.0. The van der Waals surface area contributed by atoms with E-state index in [2.05, 4.69) is 21.6 Å². The molecule has 1 saturated heterocycles. The van der Waals surface area contributed by atoms with Crippen LogP contribution >= 0.6 is 0 Å². The Kier molecular flexibility index (Phi) is 6.04. The Morgan fingerprint density at radius 3 is 2.64 bits per heavy atom. The fraction of sp³-hybridized carbons (Fsp3) is 0.526. The maximum atomic E-state index is 13.0. The molecule has 0 spiro atoms.